The Morgan fingerprint density at radius 2 is 2.24 bits per heavy atom. The zero-order valence-electron chi connectivity index (χ0n) is 10.4. The van der Waals surface area contributed by atoms with Gasteiger partial charge in [0, 0.05) is 24.2 Å². The second kappa shape index (κ2) is 4.75. The molecule has 17 heavy (non-hydrogen) atoms. The van der Waals surface area contributed by atoms with Crippen molar-refractivity contribution < 1.29 is 9.52 Å². The molecule has 4 heteroatoms. The molecule has 1 unspecified atom stereocenters. The maximum atomic E-state index is 10.0. The monoisotopic (exact) mass is 234 g/mol. The lowest BCUT2D eigenvalue weighted by molar-refractivity contribution is 0.176. The van der Waals surface area contributed by atoms with Gasteiger partial charge in [0.15, 0.2) is 0 Å². The minimum absolute atomic E-state index is 0.345. The topological polar surface area (TPSA) is 51.2 Å². The van der Waals surface area contributed by atoms with Gasteiger partial charge in [-0.2, -0.15) is 5.10 Å². The van der Waals surface area contributed by atoms with Crippen molar-refractivity contribution in [1.29, 1.82) is 0 Å². The maximum Gasteiger partial charge on any atom is 0.101 e. The number of hydrogen-bond acceptors (Lipinski definition) is 3. The summed E-state index contributed by atoms with van der Waals surface area (Å²) in [7, 11) is 0. The Kier molecular flexibility index (Phi) is 3.33. The molecule has 0 bridgehead atoms. The van der Waals surface area contributed by atoms with Crippen molar-refractivity contribution in [2.75, 3.05) is 0 Å². The summed E-state index contributed by atoms with van der Waals surface area (Å²) in [4.78, 5) is 0. The number of furan rings is 1. The van der Waals surface area contributed by atoms with Gasteiger partial charge in [-0.25, -0.2) is 0 Å². The van der Waals surface area contributed by atoms with Crippen LogP contribution in [0.4, 0.5) is 0 Å². The van der Waals surface area contributed by atoms with Gasteiger partial charge in [-0.15, -0.1) is 0 Å². The van der Waals surface area contributed by atoms with Gasteiger partial charge in [0.25, 0.3) is 0 Å². The van der Waals surface area contributed by atoms with Crippen molar-refractivity contribution in [3.63, 3.8) is 0 Å². The highest BCUT2D eigenvalue weighted by atomic mass is 16.3. The molecule has 0 spiro atoms. The molecule has 0 aliphatic heterocycles. The summed E-state index contributed by atoms with van der Waals surface area (Å²) in [5.41, 5.74) is 1.70. The summed E-state index contributed by atoms with van der Waals surface area (Å²) in [6.45, 7) is 6.02. The molecule has 0 amide bonds. The molecule has 0 fully saturated rings. The Morgan fingerprint density at radius 1 is 1.47 bits per heavy atom. The lowest BCUT2D eigenvalue weighted by Crippen LogP contribution is -2.04. The maximum absolute atomic E-state index is 10.0. The van der Waals surface area contributed by atoms with Gasteiger partial charge >= 0.3 is 0 Å². The highest BCUT2D eigenvalue weighted by Crippen LogP contribution is 2.20. The largest absolute Gasteiger partial charge is 0.469 e. The first-order valence-corrected chi connectivity index (χ1v) is 5.83. The molecule has 92 valence electrons. The molecule has 2 rings (SSSR count). The third kappa shape index (κ3) is 2.77. The van der Waals surface area contributed by atoms with Crippen LogP contribution in [0.15, 0.2) is 29.0 Å². The molecule has 2 aromatic heterocycles. The quantitative estimate of drug-likeness (QED) is 0.884. The van der Waals surface area contributed by atoms with Crippen molar-refractivity contribution in [3.05, 3.63) is 41.6 Å². The summed E-state index contributed by atoms with van der Waals surface area (Å²) in [6, 6.07) is 4.14. The van der Waals surface area contributed by atoms with E-state index in [1.54, 1.807) is 6.26 Å². The number of aryl methyl sites for hydroxylation is 1. The normalized spacial score (nSPS) is 13.2. The van der Waals surface area contributed by atoms with E-state index in [9.17, 15) is 5.11 Å². The van der Waals surface area contributed by atoms with Crippen molar-refractivity contribution in [1.82, 2.24) is 9.78 Å². The van der Waals surface area contributed by atoms with E-state index in [1.165, 1.54) is 0 Å². The Balaban J connectivity index is 2.05. The Labute approximate surface area is 101 Å². The van der Waals surface area contributed by atoms with E-state index in [0.29, 0.717) is 12.5 Å². The van der Waals surface area contributed by atoms with Crippen molar-refractivity contribution in [2.45, 2.75) is 39.3 Å². The van der Waals surface area contributed by atoms with E-state index in [0.717, 1.165) is 17.0 Å². The number of rotatable bonds is 4. The zero-order valence-corrected chi connectivity index (χ0v) is 10.4. The van der Waals surface area contributed by atoms with Crippen LogP contribution in [0.3, 0.4) is 0 Å². The molecule has 4 nitrogen and oxygen atoms in total. The first-order valence-electron chi connectivity index (χ1n) is 5.83. The summed E-state index contributed by atoms with van der Waals surface area (Å²) in [6.07, 6.45) is 3.49. The first kappa shape index (κ1) is 11.9. The highest BCUT2D eigenvalue weighted by molar-refractivity contribution is 5.17. The second-order valence-corrected chi connectivity index (χ2v) is 4.59. The first-order chi connectivity index (χ1) is 8.06. The predicted molar refractivity (Wildman–Crippen MR) is 64.7 cm³/mol. The van der Waals surface area contributed by atoms with Gasteiger partial charge in [0.05, 0.1) is 18.1 Å². The smallest absolute Gasteiger partial charge is 0.101 e. The van der Waals surface area contributed by atoms with Crippen molar-refractivity contribution in [2.24, 2.45) is 0 Å². The van der Waals surface area contributed by atoms with Crippen LogP contribution < -0.4 is 0 Å². The van der Waals surface area contributed by atoms with E-state index in [-0.39, 0.29) is 0 Å². The van der Waals surface area contributed by atoms with E-state index < -0.39 is 6.10 Å². The number of nitrogens with zero attached hydrogens (tertiary/aromatic N) is 2. The van der Waals surface area contributed by atoms with Gasteiger partial charge in [0.1, 0.15) is 5.76 Å². The average Bonchev–Trinajstić information content (AvgIpc) is 2.86. The molecular weight excluding hydrogens is 216 g/mol. The van der Waals surface area contributed by atoms with Gasteiger partial charge in [-0.3, -0.25) is 4.68 Å². The molecule has 0 aromatic carbocycles. The molecule has 0 saturated heterocycles. The van der Waals surface area contributed by atoms with Crippen LogP contribution in [-0.2, 0) is 6.42 Å². The second-order valence-electron chi connectivity index (χ2n) is 4.59. The Bertz CT molecular complexity index is 485. The fourth-order valence-electron chi connectivity index (χ4n) is 1.73. The van der Waals surface area contributed by atoms with Gasteiger partial charge in [0.2, 0.25) is 0 Å². The number of aromatic nitrogens is 2. The van der Waals surface area contributed by atoms with Crippen molar-refractivity contribution in [3.8, 4) is 0 Å². The summed E-state index contributed by atoms with van der Waals surface area (Å²) >= 11 is 0. The molecule has 1 N–H and O–H groups in total. The van der Waals surface area contributed by atoms with Crippen molar-refractivity contribution >= 4 is 0 Å². The van der Waals surface area contributed by atoms with Crippen LogP contribution in [0, 0.1) is 6.92 Å². The molecule has 2 aromatic rings. The molecule has 0 aliphatic carbocycles. The third-order valence-electron chi connectivity index (χ3n) is 2.73. The van der Waals surface area contributed by atoms with E-state index in [2.05, 4.69) is 18.9 Å². The van der Waals surface area contributed by atoms with Crippen LogP contribution in [0.2, 0.25) is 0 Å². The fourth-order valence-corrected chi connectivity index (χ4v) is 1.73. The summed E-state index contributed by atoms with van der Waals surface area (Å²) < 4.78 is 7.07. The van der Waals surface area contributed by atoms with E-state index in [4.69, 9.17) is 4.42 Å². The minimum atomic E-state index is -0.553. The molecule has 2 heterocycles. The molecular formula is C13H18N2O2. The molecule has 0 saturated carbocycles. The molecule has 0 aliphatic rings. The SMILES string of the molecule is Cc1cc(C(O)Cc2ccn(C(C)C)n2)co1. The van der Waals surface area contributed by atoms with Gasteiger partial charge in [-0.05, 0) is 32.9 Å². The summed E-state index contributed by atoms with van der Waals surface area (Å²) in [5.74, 6) is 0.812. The Hall–Kier alpha value is -1.55. The van der Waals surface area contributed by atoms with E-state index >= 15 is 0 Å². The number of aliphatic hydroxyl groups excluding tert-OH is 1. The Morgan fingerprint density at radius 3 is 2.76 bits per heavy atom. The van der Waals surface area contributed by atoms with Crippen LogP contribution in [0.1, 0.15) is 43.0 Å². The fraction of sp³-hybridized carbons (Fsp3) is 0.462. The van der Waals surface area contributed by atoms with Crippen LogP contribution in [0.25, 0.3) is 0 Å². The lowest BCUT2D eigenvalue weighted by Gasteiger charge is -2.06. The molecule has 0 radical (unpaired) electrons. The summed E-state index contributed by atoms with van der Waals surface area (Å²) in [5, 5.41) is 14.4. The number of aliphatic hydroxyl groups is 1. The van der Waals surface area contributed by atoms with Gasteiger partial charge in [-0.1, -0.05) is 0 Å². The third-order valence-corrected chi connectivity index (χ3v) is 2.73. The minimum Gasteiger partial charge on any atom is -0.469 e. The van der Waals surface area contributed by atoms with Crippen LogP contribution in [0.5, 0.6) is 0 Å². The predicted octanol–water partition coefficient (Wildman–Crippen LogP) is 2.64. The van der Waals surface area contributed by atoms with E-state index in [1.807, 2.05) is 29.9 Å². The van der Waals surface area contributed by atoms with Crippen LogP contribution in [-0.4, -0.2) is 14.9 Å². The average molecular weight is 234 g/mol. The number of hydrogen-bond donors (Lipinski definition) is 1. The van der Waals surface area contributed by atoms with Crippen LogP contribution >= 0.6 is 0 Å². The zero-order chi connectivity index (χ0) is 12.4. The standard InChI is InChI=1S/C13H18N2O2/c1-9(2)15-5-4-12(14-15)7-13(16)11-6-10(3)17-8-11/h4-6,8-9,13,16H,7H2,1-3H3. The molecule has 1 atom stereocenters. The van der Waals surface area contributed by atoms with Gasteiger partial charge < -0.3 is 9.52 Å². The lowest BCUT2D eigenvalue weighted by atomic mass is 10.1. The highest BCUT2D eigenvalue weighted by Gasteiger charge is 2.13.